The Morgan fingerprint density at radius 1 is 1.29 bits per heavy atom. The highest BCUT2D eigenvalue weighted by Gasteiger charge is 2.42. The molecule has 0 fully saturated rings. The average molecular weight is 523 g/mol. The number of carbonyl (C=O) groups is 1. The van der Waals surface area contributed by atoms with E-state index in [-0.39, 0.29) is 55.5 Å². The van der Waals surface area contributed by atoms with Crippen LogP contribution in [0.3, 0.4) is 0 Å². The van der Waals surface area contributed by atoms with Gasteiger partial charge in [-0.3, -0.25) is 4.79 Å². The standard InChI is InChI=1S/C27H25FN2O6.C2H6/c1-3-27(12-35-7-6-31)5-4-14-13(2)18(28)9-19-21(14)22(27)16-10-30-20(23(16)29-19)8-15-17(25(30)33)11-36-26(34)24(15)32;1-2/h3,8-9,24,31-32H,1,4-7,10-12H2,2H3;1-2H3. The fourth-order valence-corrected chi connectivity index (χ4v) is 6.00. The Hall–Kier alpha value is -3.40. The molecule has 0 amide bonds. The van der Waals surface area contributed by atoms with Gasteiger partial charge in [0.15, 0.2) is 6.10 Å². The van der Waals surface area contributed by atoms with E-state index >= 15 is 0 Å². The number of aryl methyl sites for hydroxylation is 1. The molecule has 0 saturated carbocycles. The van der Waals surface area contributed by atoms with Gasteiger partial charge in [-0.15, -0.1) is 6.58 Å². The van der Waals surface area contributed by atoms with E-state index in [1.807, 2.05) is 19.9 Å². The van der Waals surface area contributed by atoms with E-state index in [2.05, 4.69) is 6.58 Å². The van der Waals surface area contributed by atoms with Crippen LogP contribution < -0.4 is 5.56 Å². The highest BCUT2D eigenvalue weighted by atomic mass is 19.1. The number of rotatable bonds is 5. The third-order valence-electron chi connectivity index (χ3n) is 7.88. The fraction of sp³-hybridized carbons (Fsp3) is 0.414. The number of benzene rings is 1. The molecule has 200 valence electrons. The summed E-state index contributed by atoms with van der Waals surface area (Å²) in [6, 6.07) is 3.03. The third-order valence-corrected chi connectivity index (χ3v) is 7.88. The molecule has 2 N–H and O–H groups in total. The fourth-order valence-electron chi connectivity index (χ4n) is 6.00. The maximum atomic E-state index is 15.0. The van der Waals surface area contributed by atoms with Crippen LogP contribution in [-0.4, -0.2) is 45.6 Å². The average Bonchev–Trinajstić information content (AvgIpc) is 3.30. The Morgan fingerprint density at radius 3 is 2.76 bits per heavy atom. The zero-order valence-electron chi connectivity index (χ0n) is 21.8. The molecule has 4 heterocycles. The van der Waals surface area contributed by atoms with Crippen LogP contribution in [0.2, 0.25) is 0 Å². The van der Waals surface area contributed by atoms with Gasteiger partial charge in [0.25, 0.3) is 5.56 Å². The molecule has 3 aliphatic rings. The van der Waals surface area contributed by atoms with Crippen molar-refractivity contribution in [3.8, 4) is 11.4 Å². The Bertz CT molecular complexity index is 1550. The molecule has 0 spiro atoms. The van der Waals surface area contributed by atoms with Crippen molar-refractivity contribution >= 4 is 16.9 Å². The Morgan fingerprint density at radius 2 is 2.05 bits per heavy atom. The summed E-state index contributed by atoms with van der Waals surface area (Å²) in [5.41, 5.74) is 4.04. The molecule has 0 saturated heterocycles. The smallest absolute Gasteiger partial charge is 0.340 e. The SMILES string of the molecule is C=CC1(COCCO)CCc2c(C)c(F)cc3nc4c(c1c23)Cn1c-4cc2c(c1=O)COC(=O)C2O.CC. The zero-order valence-corrected chi connectivity index (χ0v) is 21.8. The van der Waals surface area contributed by atoms with Crippen molar-refractivity contribution in [3.63, 3.8) is 0 Å². The number of aliphatic hydroxyl groups excluding tert-OH is 2. The molecule has 2 unspecified atom stereocenters. The number of nitrogens with zero attached hydrogens (tertiary/aromatic N) is 2. The van der Waals surface area contributed by atoms with Gasteiger partial charge in [0, 0.05) is 28.0 Å². The topological polar surface area (TPSA) is 111 Å². The number of hydrogen-bond donors (Lipinski definition) is 2. The number of fused-ring (bicyclic) bond motifs is 5. The van der Waals surface area contributed by atoms with Gasteiger partial charge in [0.2, 0.25) is 0 Å². The largest absolute Gasteiger partial charge is 0.458 e. The number of esters is 1. The minimum Gasteiger partial charge on any atom is -0.458 e. The summed E-state index contributed by atoms with van der Waals surface area (Å²) < 4.78 is 27.3. The molecule has 1 aliphatic carbocycles. The van der Waals surface area contributed by atoms with Crippen molar-refractivity contribution in [2.45, 2.75) is 58.3 Å². The summed E-state index contributed by atoms with van der Waals surface area (Å²) in [6.45, 7) is 10.2. The van der Waals surface area contributed by atoms with Crippen molar-refractivity contribution in [3.05, 3.63) is 74.3 Å². The first kappa shape index (κ1) is 26.2. The van der Waals surface area contributed by atoms with Crippen LogP contribution >= 0.6 is 0 Å². The molecule has 3 aromatic rings. The number of halogens is 1. The van der Waals surface area contributed by atoms with Gasteiger partial charge in [0.05, 0.1) is 48.8 Å². The lowest BCUT2D eigenvalue weighted by Crippen LogP contribution is -2.36. The van der Waals surface area contributed by atoms with E-state index in [1.165, 1.54) is 6.07 Å². The lowest BCUT2D eigenvalue weighted by atomic mass is 9.68. The van der Waals surface area contributed by atoms with Gasteiger partial charge >= 0.3 is 5.97 Å². The quantitative estimate of drug-likeness (QED) is 0.235. The number of aliphatic hydroxyl groups is 2. The number of pyridine rings is 2. The van der Waals surface area contributed by atoms with Crippen LogP contribution in [0.5, 0.6) is 0 Å². The summed E-state index contributed by atoms with van der Waals surface area (Å²) in [6.07, 6.45) is 1.51. The second-order valence-corrected chi connectivity index (χ2v) is 9.67. The lowest BCUT2D eigenvalue weighted by molar-refractivity contribution is -0.157. The van der Waals surface area contributed by atoms with Crippen molar-refractivity contribution in [1.29, 1.82) is 0 Å². The number of carbonyl (C=O) groups excluding carboxylic acids is 1. The summed E-state index contributed by atoms with van der Waals surface area (Å²) in [7, 11) is 0. The van der Waals surface area contributed by atoms with Crippen LogP contribution in [0.15, 0.2) is 29.6 Å². The van der Waals surface area contributed by atoms with E-state index in [0.29, 0.717) is 35.3 Å². The van der Waals surface area contributed by atoms with E-state index < -0.39 is 17.5 Å². The van der Waals surface area contributed by atoms with Gasteiger partial charge in [-0.05, 0) is 42.5 Å². The van der Waals surface area contributed by atoms with E-state index in [0.717, 1.165) is 22.1 Å². The number of ether oxygens (including phenoxy) is 2. The lowest BCUT2D eigenvalue weighted by Gasteiger charge is -2.38. The third kappa shape index (κ3) is 3.64. The molecule has 1 aromatic carbocycles. The number of hydrogen-bond acceptors (Lipinski definition) is 7. The van der Waals surface area contributed by atoms with Gasteiger partial charge in [-0.25, -0.2) is 14.2 Å². The zero-order chi connectivity index (χ0) is 27.4. The molecule has 6 rings (SSSR count). The van der Waals surface area contributed by atoms with Crippen molar-refractivity contribution in [2.75, 3.05) is 19.8 Å². The summed E-state index contributed by atoms with van der Waals surface area (Å²) >= 11 is 0. The Labute approximate surface area is 219 Å². The molecule has 2 atom stereocenters. The first-order chi connectivity index (χ1) is 18.3. The highest BCUT2D eigenvalue weighted by Crippen LogP contribution is 2.49. The summed E-state index contributed by atoms with van der Waals surface area (Å²) in [4.78, 5) is 30.2. The van der Waals surface area contributed by atoms with Gasteiger partial charge < -0.3 is 24.3 Å². The minimum absolute atomic E-state index is 0.118. The predicted octanol–water partition coefficient (Wildman–Crippen LogP) is 3.37. The van der Waals surface area contributed by atoms with Gasteiger partial charge in [0.1, 0.15) is 12.4 Å². The molecule has 0 radical (unpaired) electrons. The molecular weight excluding hydrogens is 491 g/mol. The molecule has 2 aromatic heterocycles. The Balaban J connectivity index is 0.00000144. The second kappa shape index (κ2) is 9.72. The first-order valence-corrected chi connectivity index (χ1v) is 12.9. The van der Waals surface area contributed by atoms with Crippen LogP contribution in [0.4, 0.5) is 4.39 Å². The first-order valence-electron chi connectivity index (χ1n) is 12.9. The highest BCUT2D eigenvalue weighted by molar-refractivity contribution is 5.94. The molecular formula is C29H31FN2O6. The van der Waals surface area contributed by atoms with Crippen LogP contribution in [0.1, 0.15) is 59.8 Å². The van der Waals surface area contributed by atoms with Crippen LogP contribution in [0, 0.1) is 12.7 Å². The van der Waals surface area contributed by atoms with Gasteiger partial charge in [-0.1, -0.05) is 19.9 Å². The van der Waals surface area contributed by atoms with Crippen molar-refractivity contribution < 1.29 is 28.9 Å². The maximum absolute atomic E-state index is 15.0. The van der Waals surface area contributed by atoms with Gasteiger partial charge in [-0.2, -0.15) is 0 Å². The van der Waals surface area contributed by atoms with E-state index in [4.69, 9.17) is 14.5 Å². The van der Waals surface area contributed by atoms with Crippen LogP contribution in [-0.2, 0) is 39.3 Å². The second-order valence-electron chi connectivity index (χ2n) is 9.67. The monoisotopic (exact) mass is 522 g/mol. The van der Waals surface area contributed by atoms with E-state index in [9.17, 15) is 24.2 Å². The van der Waals surface area contributed by atoms with E-state index in [1.54, 1.807) is 17.6 Å². The normalized spacial score (nSPS) is 20.7. The van der Waals surface area contributed by atoms with Crippen molar-refractivity contribution in [1.82, 2.24) is 9.55 Å². The maximum Gasteiger partial charge on any atom is 0.340 e. The molecule has 2 aliphatic heterocycles. The molecule has 9 heteroatoms. The molecule has 38 heavy (non-hydrogen) atoms. The number of aromatic nitrogens is 2. The summed E-state index contributed by atoms with van der Waals surface area (Å²) in [5, 5.41) is 20.5. The Kier molecular flexibility index (Phi) is 6.71. The summed E-state index contributed by atoms with van der Waals surface area (Å²) in [5.74, 6) is -1.15. The van der Waals surface area contributed by atoms with Crippen molar-refractivity contribution in [2.24, 2.45) is 0 Å². The molecule has 8 nitrogen and oxygen atoms in total. The minimum atomic E-state index is -1.55. The number of cyclic esters (lactones) is 1. The molecule has 0 bridgehead atoms. The van der Waals surface area contributed by atoms with Crippen LogP contribution in [0.25, 0.3) is 22.3 Å². The predicted molar refractivity (Wildman–Crippen MR) is 139 cm³/mol.